The molecule has 0 saturated heterocycles. The summed E-state index contributed by atoms with van der Waals surface area (Å²) >= 11 is 2.14. The van der Waals surface area contributed by atoms with Gasteiger partial charge in [0, 0.05) is 16.7 Å². The van der Waals surface area contributed by atoms with Gasteiger partial charge >= 0.3 is 0 Å². The lowest BCUT2D eigenvalue weighted by atomic mass is 10.2. The first-order chi connectivity index (χ1) is 12.5. The Morgan fingerprint density at radius 3 is 2.42 bits per heavy atom. The third kappa shape index (κ3) is 5.88. The number of methoxy groups -OCH3 is 2. The fraction of sp³-hybridized carbons (Fsp3) is 0.350. The van der Waals surface area contributed by atoms with Gasteiger partial charge in [-0.25, -0.2) is 0 Å². The van der Waals surface area contributed by atoms with Gasteiger partial charge in [0.25, 0.3) is 5.91 Å². The molecule has 0 saturated carbocycles. The number of benzene rings is 2. The first-order valence-electron chi connectivity index (χ1n) is 8.47. The number of nitrogens with zero attached hydrogens (tertiary/aromatic N) is 1. The summed E-state index contributed by atoms with van der Waals surface area (Å²) in [6.45, 7) is 2.45. The van der Waals surface area contributed by atoms with Crippen LogP contribution in [0.3, 0.4) is 0 Å². The lowest BCUT2D eigenvalue weighted by molar-refractivity contribution is 0.0950. The predicted molar refractivity (Wildman–Crippen MR) is 112 cm³/mol. The summed E-state index contributed by atoms with van der Waals surface area (Å²) in [5, 5.41) is 2.98. The first kappa shape index (κ1) is 20.5. The molecule has 0 bridgehead atoms. The molecule has 0 spiro atoms. The molecule has 1 N–H and O–H groups in total. The molecule has 0 aliphatic rings. The molecule has 0 aliphatic heterocycles. The first-order valence-corrected chi connectivity index (χ1v) is 9.55. The molecule has 0 unspecified atom stereocenters. The largest absolute Gasteiger partial charge is 0.493 e. The summed E-state index contributed by atoms with van der Waals surface area (Å²) in [5.41, 5.74) is 1.89. The summed E-state index contributed by atoms with van der Waals surface area (Å²) in [7, 11) is 5.24. The number of hydrogen-bond donors (Lipinski definition) is 1. The Balaban J connectivity index is 1.81. The fourth-order valence-electron chi connectivity index (χ4n) is 2.65. The van der Waals surface area contributed by atoms with Crippen LogP contribution in [0, 0.1) is 3.57 Å². The smallest absolute Gasteiger partial charge is 0.252 e. The lowest BCUT2D eigenvalue weighted by Gasteiger charge is -2.17. The Hall–Kier alpha value is -1.80. The summed E-state index contributed by atoms with van der Waals surface area (Å²) in [4.78, 5) is 14.7. The maximum atomic E-state index is 12.4. The Morgan fingerprint density at radius 2 is 1.77 bits per heavy atom. The Kier molecular flexibility index (Phi) is 8.18. The van der Waals surface area contributed by atoms with Crippen molar-refractivity contribution in [3.8, 4) is 11.5 Å². The van der Waals surface area contributed by atoms with Crippen LogP contribution in [-0.2, 0) is 6.54 Å². The highest BCUT2D eigenvalue weighted by Crippen LogP contribution is 2.31. The Labute approximate surface area is 168 Å². The molecule has 0 radical (unpaired) electrons. The Morgan fingerprint density at radius 1 is 1.12 bits per heavy atom. The van der Waals surface area contributed by atoms with Crippen molar-refractivity contribution in [1.82, 2.24) is 10.2 Å². The van der Waals surface area contributed by atoms with E-state index in [2.05, 4.69) is 52.0 Å². The van der Waals surface area contributed by atoms with Crippen molar-refractivity contribution >= 4 is 28.5 Å². The molecule has 2 aromatic rings. The van der Waals surface area contributed by atoms with Crippen LogP contribution in [-0.4, -0.2) is 45.2 Å². The predicted octanol–water partition coefficient (Wildman–Crippen LogP) is 3.56. The second-order valence-corrected chi connectivity index (χ2v) is 7.18. The van der Waals surface area contributed by atoms with E-state index in [1.165, 1.54) is 5.56 Å². The van der Waals surface area contributed by atoms with E-state index in [0.29, 0.717) is 23.6 Å². The van der Waals surface area contributed by atoms with Crippen LogP contribution in [0.15, 0.2) is 42.5 Å². The van der Waals surface area contributed by atoms with Crippen LogP contribution >= 0.6 is 22.6 Å². The monoisotopic (exact) mass is 468 g/mol. The zero-order valence-corrected chi connectivity index (χ0v) is 17.6. The van der Waals surface area contributed by atoms with Crippen molar-refractivity contribution in [1.29, 1.82) is 0 Å². The molecule has 2 aromatic carbocycles. The zero-order chi connectivity index (χ0) is 18.9. The van der Waals surface area contributed by atoms with Crippen molar-refractivity contribution in [3.63, 3.8) is 0 Å². The average Bonchev–Trinajstić information content (AvgIpc) is 2.65. The highest BCUT2D eigenvalue weighted by molar-refractivity contribution is 14.1. The molecule has 6 heteroatoms. The molecular weight excluding hydrogens is 443 g/mol. The number of rotatable bonds is 9. The van der Waals surface area contributed by atoms with Crippen LogP contribution in [0.25, 0.3) is 0 Å². The highest BCUT2D eigenvalue weighted by atomic mass is 127. The fourth-order valence-corrected chi connectivity index (χ4v) is 3.33. The molecule has 26 heavy (non-hydrogen) atoms. The molecule has 5 nitrogen and oxygen atoms in total. The van der Waals surface area contributed by atoms with Crippen molar-refractivity contribution in [2.24, 2.45) is 0 Å². The van der Waals surface area contributed by atoms with Gasteiger partial charge in [-0.1, -0.05) is 30.3 Å². The third-order valence-corrected chi connectivity index (χ3v) is 4.91. The van der Waals surface area contributed by atoms with Gasteiger partial charge in [0.05, 0.1) is 19.8 Å². The number of carbonyl (C=O) groups is 1. The zero-order valence-electron chi connectivity index (χ0n) is 15.4. The van der Waals surface area contributed by atoms with Crippen molar-refractivity contribution in [3.05, 3.63) is 57.2 Å². The van der Waals surface area contributed by atoms with Crippen molar-refractivity contribution in [2.45, 2.75) is 13.0 Å². The van der Waals surface area contributed by atoms with Gasteiger partial charge < -0.3 is 19.7 Å². The minimum atomic E-state index is -0.0962. The van der Waals surface area contributed by atoms with Crippen LogP contribution in [0.4, 0.5) is 0 Å². The van der Waals surface area contributed by atoms with E-state index in [-0.39, 0.29) is 5.91 Å². The molecule has 0 aromatic heterocycles. The minimum Gasteiger partial charge on any atom is -0.493 e. The standard InChI is InChI=1S/C20H25IN2O3/c1-23(14-15-8-5-4-6-9-15)11-7-10-22-20(24)16-12-18(25-2)19(26-3)13-17(16)21/h4-6,8-9,12-13H,7,10-11,14H2,1-3H3,(H,22,24). The number of hydrogen-bond acceptors (Lipinski definition) is 4. The van der Waals surface area contributed by atoms with Crippen LogP contribution in [0.2, 0.25) is 0 Å². The lowest BCUT2D eigenvalue weighted by Crippen LogP contribution is -2.28. The quantitative estimate of drug-likeness (QED) is 0.452. The molecule has 0 aliphatic carbocycles. The second kappa shape index (κ2) is 10.4. The van der Waals surface area contributed by atoms with E-state index in [1.54, 1.807) is 20.3 Å². The van der Waals surface area contributed by atoms with Crippen LogP contribution < -0.4 is 14.8 Å². The van der Waals surface area contributed by atoms with E-state index in [4.69, 9.17) is 9.47 Å². The van der Waals surface area contributed by atoms with E-state index >= 15 is 0 Å². The van der Waals surface area contributed by atoms with Gasteiger partial charge in [-0.2, -0.15) is 0 Å². The minimum absolute atomic E-state index is 0.0962. The molecule has 2 rings (SSSR count). The van der Waals surface area contributed by atoms with Gasteiger partial charge in [0.2, 0.25) is 0 Å². The maximum Gasteiger partial charge on any atom is 0.252 e. The van der Waals surface area contributed by atoms with Gasteiger partial charge in [-0.05, 0) is 60.3 Å². The average molecular weight is 468 g/mol. The van der Waals surface area contributed by atoms with Crippen LogP contribution in [0.5, 0.6) is 11.5 Å². The van der Waals surface area contributed by atoms with Gasteiger partial charge in [-0.15, -0.1) is 0 Å². The van der Waals surface area contributed by atoms with Gasteiger partial charge in [0.1, 0.15) is 0 Å². The van der Waals surface area contributed by atoms with Gasteiger partial charge in [0.15, 0.2) is 11.5 Å². The van der Waals surface area contributed by atoms with Crippen molar-refractivity contribution in [2.75, 3.05) is 34.4 Å². The molecule has 140 valence electrons. The molecular formula is C20H25IN2O3. The highest BCUT2D eigenvalue weighted by Gasteiger charge is 2.15. The molecule has 0 atom stereocenters. The molecule has 1 amide bonds. The van der Waals surface area contributed by atoms with E-state index in [0.717, 1.165) is 23.1 Å². The molecule has 0 fully saturated rings. The SMILES string of the molecule is COc1cc(I)c(C(=O)NCCCN(C)Cc2ccccc2)cc1OC. The normalized spacial score (nSPS) is 10.7. The molecule has 0 heterocycles. The summed E-state index contributed by atoms with van der Waals surface area (Å²) in [6.07, 6.45) is 0.888. The summed E-state index contributed by atoms with van der Waals surface area (Å²) in [6, 6.07) is 13.9. The third-order valence-electron chi connectivity index (χ3n) is 4.02. The summed E-state index contributed by atoms with van der Waals surface area (Å²) < 4.78 is 11.4. The van der Waals surface area contributed by atoms with E-state index in [1.807, 2.05) is 24.3 Å². The van der Waals surface area contributed by atoms with Gasteiger partial charge in [-0.3, -0.25) is 4.79 Å². The number of nitrogens with one attached hydrogen (secondary N) is 1. The van der Waals surface area contributed by atoms with Crippen LogP contribution in [0.1, 0.15) is 22.3 Å². The number of carbonyl (C=O) groups excluding carboxylic acids is 1. The second-order valence-electron chi connectivity index (χ2n) is 6.02. The topological polar surface area (TPSA) is 50.8 Å². The van der Waals surface area contributed by atoms with E-state index < -0.39 is 0 Å². The number of halogens is 1. The number of amides is 1. The van der Waals surface area contributed by atoms with E-state index in [9.17, 15) is 4.79 Å². The Bertz CT molecular complexity index is 722. The van der Waals surface area contributed by atoms with Crippen molar-refractivity contribution < 1.29 is 14.3 Å². The summed E-state index contributed by atoms with van der Waals surface area (Å²) in [5.74, 6) is 1.08. The maximum absolute atomic E-state index is 12.4. The number of ether oxygens (including phenoxy) is 2.